The van der Waals surface area contributed by atoms with Crippen molar-refractivity contribution in [1.29, 1.82) is 0 Å². The van der Waals surface area contributed by atoms with Gasteiger partial charge in [0.2, 0.25) is 0 Å². The second-order valence-corrected chi connectivity index (χ2v) is 26.8. The van der Waals surface area contributed by atoms with Crippen molar-refractivity contribution in [1.82, 2.24) is 0 Å². The largest absolute Gasteiger partial charge is 0.394 e. The van der Waals surface area contributed by atoms with Gasteiger partial charge in [0.05, 0.1) is 12.2 Å². The minimum Gasteiger partial charge on any atom is -0.394 e. The van der Waals surface area contributed by atoms with Gasteiger partial charge >= 0.3 is 0 Å². The Morgan fingerprint density at radius 1 is 0.265 bits per heavy atom. The maximum Gasteiger partial charge on any atom is 0.121 e. The number of hydrogen-bond donors (Lipinski definition) is 4. The second-order valence-electron chi connectivity index (χ2n) is 26.8. The van der Waals surface area contributed by atoms with Gasteiger partial charge in [-0.2, -0.15) is 0 Å². The average Bonchev–Trinajstić information content (AvgIpc) is 3.26. The molecule has 0 aromatic rings. The smallest absolute Gasteiger partial charge is 0.121 e. The molecule has 0 radical (unpaired) electrons. The van der Waals surface area contributed by atoms with Gasteiger partial charge in [-0.05, 0) is 110 Å². The molecule has 0 aromatic heterocycles. The van der Waals surface area contributed by atoms with Gasteiger partial charge in [-0.15, -0.1) is 0 Å². The Kier molecular flexibility index (Phi) is 40.2. The Labute approximate surface area is 429 Å². The summed E-state index contributed by atoms with van der Waals surface area (Å²) in [5.41, 5.74) is -3.19. The number of aliphatic hydroxyl groups excluding tert-OH is 2. The van der Waals surface area contributed by atoms with Crippen molar-refractivity contribution in [3.63, 3.8) is 0 Å². The van der Waals surface area contributed by atoms with Crippen LogP contribution in [-0.2, 0) is 0 Å². The van der Waals surface area contributed by atoms with Gasteiger partial charge in [-0.25, -0.2) is 0 Å². The van der Waals surface area contributed by atoms with Crippen LogP contribution in [0.3, 0.4) is 0 Å². The lowest BCUT2D eigenvalue weighted by Gasteiger charge is -2.47. The van der Waals surface area contributed by atoms with Gasteiger partial charge in [0.1, 0.15) is 11.7 Å². The fraction of sp³-hybridized carbons (Fsp3) is 1.00. The topological polar surface area (TPSA) is 80.9 Å². The fourth-order valence-corrected chi connectivity index (χ4v) is 11.7. The van der Waals surface area contributed by atoms with E-state index in [9.17, 15) is 20.4 Å². The summed E-state index contributed by atoms with van der Waals surface area (Å²) >= 11 is 0. The monoisotopic (exact) mass is 963 g/mol. The van der Waals surface area contributed by atoms with E-state index in [2.05, 4.69) is 104 Å². The average molecular weight is 964 g/mol. The zero-order chi connectivity index (χ0) is 51.5. The lowest BCUT2D eigenvalue weighted by atomic mass is 9.68. The molecule has 0 saturated carbocycles. The lowest BCUT2D eigenvalue weighted by molar-refractivity contribution is -0.222. The molecule has 0 bridgehead atoms. The van der Waals surface area contributed by atoms with Gasteiger partial charge < -0.3 is 20.4 Å². The van der Waals surface area contributed by atoms with E-state index >= 15 is 0 Å². The Bertz CT molecular complexity index is 1060. The molecule has 68 heavy (non-hydrogen) atoms. The van der Waals surface area contributed by atoms with Crippen LogP contribution in [0.1, 0.15) is 316 Å². The molecule has 0 aromatic carbocycles. The summed E-state index contributed by atoms with van der Waals surface area (Å²) in [4.78, 5) is 0. The van der Waals surface area contributed by atoms with Crippen LogP contribution in [-0.4, -0.2) is 44.3 Å². The molecule has 4 N–H and O–H groups in total. The molecule has 9 unspecified atom stereocenters. The summed E-state index contributed by atoms with van der Waals surface area (Å²) in [7, 11) is 0. The van der Waals surface area contributed by atoms with Crippen molar-refractivity contribution in [3.8, 4) is 0 Å². The first-order chi connectivity index (χ1) is 32.0. The van der Waals surface area contributed by atoms with E-state index in [1.165, 1.54) is 154 Å². The van der Waals surface area contributed by atoms with Crippen molar-refractivity contribution in [3.05, 3.63) is 0 Å². The molecule has 0 heterocycles. The van der Waals surface area contributed by atoms with Gasteiger partial charge in [0.25, 0.3) is 0 Å². The predicted octanol–water partition coefficient (Wildman–Crippen LogP) is 19.4. The quantitative estimate of drug-likeness (QED) is 0.0490. The van der Waals surface area contributed by atoms with Gasteiger partial charge in [0, 0.05) is 0 Å². The van der Waals surface area contributed by atoms with Crippen molar-refractivity contribution < 1.29 is 20.4 Å². The summed E-state index contributed by atoms with van der Waals surface area (Å²) in [5.74, 6) is 8.40. The molecule has 0 rings (SSSR count). The molecule has 0 fully saturated rings. The van der Waals surface area contributed by atoms with Crippen LogP contribution in [0.2, 0.25) is 0 Å². The van der Waals surface area contributed by atoms with Crippen LogP contribution in [0.25, 0.3) is 0 Å². The van der Waals surface area contributed by atoms with Crippen LogP contribution >= 0.6 is 0 Å². The number of aliphatic hydroxyl groups is 4. The third-order valence-corrected chi connectivity index (χ3v) is 17.4. The Hall–Kier alpha value is -0.160. The van der Waals surface area contributed by atoms with E-state index in [1.807, 2.05) is 0 Å². The fourth-order valence-electron chi connectivity index (χ4n) is 11.7. The summed E-state index contributed by atoms with van der Waals surface area (Å²) in [6.07, 6.45) is 37.2. The maximum atomic E-state index is 12.8. The third-order valence-electron chi connectivity index (χ3n) is 17.4. The molecular formula is C64H130O4. The van der Waals surface area contributed by atoms with E-state index in [4.69, 9.17) is 0 Å². The number of hydrogen-bond acceptors (Lipinski definition) is 4. The summed E-state index contributed by atoms with van der Waals surface area (Å²) in [5, 5.41) is 47.4. The van der Waals surface area contributed by atoms with E-state index in [1.54, 1.807) is 0 Å². The Morgan fingerprint density at radius 2 is 0.441 bits per heavy atom. The summed E-state index contributed by atoms with van der Waals surface area (Å²) < 4.78 is 0. The van der Waals surface area contributed by atoms with Crippen molar-refractivity contribution in [2.24, 2.45) is 71.0 Å². The third kappa shape index (κ3) is 35.1. The standard InChI is InChI=1S/C64H130O4/c1-50(2)25-16-28-53(7)31-19-34-56(10)37-22-40-59(13)43-46-63(67,47-44-60(14)41-23-38-57(11)35-20-32-54(8)29-17-26-51(3)4)64(68,62(66)49-65)48-45-61(15)42-24-39-58(12)36-21-33-55(9)30-18-27-52(5)6/h50-62,65-68H,16-49H2,1-15H3/t53?,54?,55?,56?,57?,58?,59?,60?,61?,62-,63?,64-/m1/s1. The minimum absolute atomic E-state index is 0.321. The highest BCUT2D eigenvalue weighted by Crippen LogP contribution is 2.42. The van der Waals surface area contributed by atoms with Crippen molar-refractivity contribution in [2.45, 2.75) is 333 Å². The van der Waals surface area contributed by atoms with Crippen LogP contribution in [0.4, 0.5) is 0 Å². The van der Waals surface area contributed by atoms with Gasteiger partial charge in [-0.1, -0.05) is 277 Å². The van der Waals surface area contributed by atoms with Crippen LogP contribution < -0.4 is 0 Å². The van der Waals surface area contributed by atoms with Gasteiger partial charge in [0.15, 0.2) is 0 Å². The zero-order valence-corrected chi connectivity index (χ0v) is 49.3. The van der Waals surface area contributed by atoms with E-state index in [0.29, 0.717) is 37.0 Å². The number of rotatable bonds is 48. The van der Waals surface area contributed by atoms with E-state index < -0.39 is 23.9 Å². The highest BCUT2D eigenvalue weighted by molar-refractivity contribution is 5.04. The van der Waals surface area contributed by atoms with Crippen molar-refractivity contribution in [2.75, 3.05) is 6.61 Å². The van der Waals surface area contributed by atoms with Crippen LogP contribution in [0.15, 0.2) is 0 Å². The van der Waals surface area contributed by atoms with Crippen LogP contribution in [0, 0.1) is 71.0 Å². The predicted molar refractivity (Wildman–Crippen MR) is 302 cm³/mol. The molecule has 0 spiro atoms. The normalized spacial score (nSPS) is 18.8. The molecule has 0 amide bonds. The molecule has 410 valence electrons. The molecule has 0 aliphatic rings. The lowest BCUT2D eigenvalue weighted by Crippen LogP contribution is -2.62. The molecule has 4 heteroatoms. The Morgan fingerprint density at radius 3 is 0.632 bits per heavy atom. The summed E-state index contributed by atoms with van der Waals surface area (Å²) in [6.45, 7) is 35.0. The molecular weight excluding hydrogens is 833 g/mol. The minimum atomic E-state index is -1.74. The van der Waals surface area contributed by atoms with E-state index in [0.717, 1.165) is 91.8 Å². The maximum absolute atomic E-state index is 12.8. The van der Waals surface area contributed by atoms with Gasteiger partial charge in [-0.3, -0.25) is 0 Å². The molecule has 4 nitrogen and oxygen atoms in total. The van der Waals surface area contributed by atoms with Crippen LogP contribution in [0.5, 0.6) is 0 Å². The van der Waals surface area contributed by atoms with E-state index in [-0.39, 0.29) is 0 Å². The highest BCUT2D eigenvalue weighted by atomic mass is 16.4. The molecule has 0 saturated heterocycles. The first kappa shape index (κ1) is 67.8. The summed E-state index contributed by atoms with van der Waals surface area (Å²) in [6, 6.07) is 0. The second kappa shape index (κ2) is 40.3. The highest BCUT2D eigenvalue weighted by Gasteiger charge is 2.53. The first-order valence-electron chi connectivity index (χ1n) is 30.8. The molecule has 0 aliphatic heterocycles. The molecule has 0 aliphatic carbocycles. The molecule has 11 atom stereocenters. The van der Waals surface area contributed by atoms with Crippen molar-refractivity contribution >= 4 is 0 Å². The zero-order valence-electron chi connectivity index (χ0n) is 49.3. The SMILES string of the molecule is CC(C)CCCC(C)CCCC(C)CCCC(C)CCC(O)(CCC(C)CCCC(C)CCCC(C)CCCC(C)C)[C@@](O)(CCC(C)CCCC(C)CCCC(C)CCCC(C)C)[C@H](O)CO. The Balaban J connectivity index is 5.46. The first-order valence-corrected chi connectivity index (χ1v) is 30.8.